The van der Waals surface area contributed by atoms with E-state index in [1.807, 2.05) is 39.8 Å². The van der Waals surface area contributed by atoms with Gasteiger partial charge in [0.05, 0.1) is 17.9 Å². The lowest BCUT2D eigenvalue weighted by molar-refractivity contribution is 0.0927. The van der Waals surface area contributed by atoms with Crippen LogP contribution < -0.4 is 15.6 Å². The first-order valence-corrected chi connectivity index (χ1v) is 13.2. The molecule has 2 aromatic heterocycles. The molecule has 8 nitrogen and oxygen atoms in total. The minimum atomic E-state index is -3.62. The maximum Gasteiger partial charge on any atom is 0.256 e. The molecule has 3 aromatic rings. The van der Waals surface area contributed by atoms with Crippen molar-refractivity contribution in [1.82, 2.24) is 15.0 Å². The number of aromatic nitrogens is 1. The van der Waals surface area contributed by atoms with Crippen molar-refractivity contribution in [2.75, 3.05) is 19.3 Å². The van der Waals surface area contributed by atoms with E-state index in [1.165, 1.54) is 6.26 Å². The van der Waals surface area contributed by atoms with Crippen molar-refractivity contribution in [1.29, 1.82) is 0 Å². The summed E-state index contributed by atoms with van der Waals surface area (Å²) < 4.78 is 32.6. The van der Waals surface area contributed by atoms with E-state index in [9.17, 15) is 18.0 Å². The lowest BCUT2D eigenvalue weighted by atomic mass is 9.83. The highest BCUT2D eigenvalue weighted by molar-refractivity contribution is 7.88. The smallest absolute Gasteiger partial charge is 0.256 e. The summed E-state index contributed by atoms with van der Waals surface area (Å²) in [6.45, 7) is 9.19. The Hall–Kier alpha value is -2.75. The van der Waals surface area contributed by atoms with Gasteiger partial charge in [0.25, 0.3) is 5.56 Å². The highest BCUT2D eigenvalue weighted by atomic mass is 32.2. The number of benzene rings is 1. The summed E-state index contributed by atoms with van der Waals surface area (Å²) in [5.41, 5.74) is 3.09. The van der Waals surface area contributed by atoms with Crippen LogP contribution in [0.4, 0.5) is 0 Å². The van der Waals surface area contributed by atoms with Crippen molar-refractivity contribution in [2.24, 2.45) is 5.92 Å². The summed E-state index contributed by atoms with van der Waals surface area (Å²) >= 11 is 0. The van der Waals surface area contributed by atoms with Crippen LogP contribution in [0.15, 0.2) is 39.7 Å². The van der Waals surface area contributed by atoms with Gasteiger partial charge in [-0.05, 0) is 67.6 Å². The van der Waals surface area contributed by atoms with Crippen molar-refractivity contribution in [3.8, 4) is 11.1 Å². The zero-order chi connectivity index (χ0) is 24.8. The molecular formula is C25H31N3O5S. The molecule has 182 valence electrons. The SMILES string of the molecule is Cc1ccc(-c2cc(C(C)(C)C)c3occ(C(=O)[C@@H](NS(C)(=O)=O)C4CCNC4)c3c2)c(=O)[nH]1. The fourth-order valence-corrected chi connectivity index (χ4v) is 5.32. The number of nitrogens with one attached hydrogen (secondary N) is 3. The van der Waals surface area contributed by atoms with E-state index >= 15 is 0 Å². The molecule has 1 aromatic carbocycles. The standard InChI is InChI=1S/C25H31N3O5S/c1-14-6-7-17(24(30)27-14)16-10-18-19(13-33-23(18)20(11-16)25(2,3)4)22(29)21(28-34(5,31)32)15-8-9-26-12-15/h6-7,10-11,13,15,21,26,28H,8-9,12H2,1-5H3,(H,27,30)/t15?,21-/m0/s1. The van der Waals surface area contributed by atoms with E-state index in [-0.39, 0.29) is 22.7 Å². The van der Waals surface area contributed by atoms with Gasteiger partial charge < -0.3 is 14.7 Å². The number of fused-ring (bicyclic) bond motifs is 1. The van der Waals surface area contributed by atoms with Crippen molar-refractivity contribution in [3.63, 3.8) is 0 Å². The molecule has 1 unspecified atom stereocenters. The number of aryl methyl sites for hydroxylation is 1. The lowest BCUT2D eigenvalue weighted by Gasteiger charge is -2.22. The number of pyridine rings is 1. The van der Waals surface area contributed by atoms with Gasteiger partial charge in [0, 0.05) is 22.2 Å². The number of hydrogen-bond donors (Lipinski definition) is 3. The average molecular weight is 486 g/mol. The topological polar surface area (TPSA) is 121 Å². The maximum absolute atomic E-state index is 13.7. The first kappa shape index (κ1) is 24.4. The second kappa shape index (κ2) is 8.79. The quantitative estimate of drug-likeness (QED) is 0.461. The Bertz CT molecular complexity index is 1410. The summed E-state index contributed by atoms with van der Waals surface area (Å²) in [6, 6.07) is 6.40. The zero-order valence-electron chi connectivity index (χ0n) is 20.1. The summed E-state index contributed by atoms with van der Waals surface area (Å²) in [5, 5.41) is 3.77. The minimum absolute atomic E-state index is 0.169. The molecule has 2 atom stereocenters. The molecule has 4 rings (SSSR count). The van der Waals surface area contributed by atoms with E-state index < -0.39 is 16.1 Å². The number of sulfonamides is 1. The van der Waals surface area contributed by atoms with Crippen LogP contribution in [0.2, 0.25) is 0 Å². The van der Waals surface area contributed by atoms with E-state index in [4.69, 9.17) is 4.42 Å². The van der Waals surface area contributed by atoms with Crippen molar-refractivity contribution >= 4 is 26.8 Å². The molecule has 3 N–H and O–H groups in total. The van der Waals surface area contributed by atoms with Crippen LogP contribution in [0.1, 0.15) is 48.8 Å². The normalized spacial score (nSPS) is 17.9. The third-order valence-corrected chi connectivity index (χ3v) is 6.99. The van der Waals surface area contributed by atoms with Gasteiger partial charge in [-0.25, -0.2) is 13.1 Å². The van der Waals surface area contributed by atoms with Gasteiger partial charge in [0.1, 0.15) is 11.8 Å². The zero-order valence-corrected chi connectivity index (χ0v) is 20.9. The Balaban J connectivity index is 1.91. The van der Waals surface area contributed by atoms with Crippen LogP contribution in [-0.2, 0) is 15.4 Å². The molecule has 0 spiro atoms. The molecule has 0 amide bonds. The summed E-state index contributed by atoms with van der Waals surface area (Å²) in [7, 11) is -3.62. The molecule has 3 heterocycles. The van der Waals surface area contributed by atoms with Crippen LogP contribution in [0.25, 0.3) is 22.1 Å². The average Bonchev–Trinajstić information content (AvgIpc) is 3.39. The fourth-order valence-electron chi connectivity index (χ4n) is 4.56. The number of aromatic amines is 1. The predicted octanol–water partition coefficient (Wildman–Crippen LogP) is 3.10. The molecular weight excluding hydrogens is 454 g/mol. The number of Topliss-reactive ketones (excluding diaryl/α,β-unsaturated/α-hetero) is 1. The van der Waals surface area contributed by atoms with Crippen LogP contribution >= 0.6 is 0 Å². The minimum Gasteiger partial charge on any atom is -0.463 e. The first-order valence-electron chi connectivity index (χ1n) is 11.3. The number of H-pyrrole nitrogens is 1. The van der Waals surface area contributed by atoms with Gasteiger partial charge in [0.2, 0.25) is 10.0 Å². The van der Waals surface area contributed by atoms with Crippen molar-refractivity contribution in [2.45, 2.75) is 45.6 Å². The first-order chi connectivity index (χ1) is 15.8. The van der Waals surface area contributed by atoms with Gasteiger partial charge in [-0.2, -0.15) is 0 Å². The van der Waals surface area contributed by atoms with Gasteiger partial charge in [0.15, 0.2) is 5.78 Å². The molecule has 0 saturated carbocycles. The van der Waals surface area contributed by atoms with Gasteiger partial charge in [-0.15, -0.1) is 0 Å². The molecule has 1 saturated heterocycles. The van der Waals surface area contributed by atoms with Crippen LogP contribution in [0, 0.1) is 12.8 Å². The van der Waals surface area contributed by atoms with Crippen molar-refractivity contribution in [3.05, 3.63) is 57.7 Å². The monoisotopic (exact) mass is 485 g/mol. The molecule has 1 aliphatic heterocycles. The Morgan fingerprint density at radius 3 is 2.56 bits per heavy atom. The second-order valence-corrected chi connectivity index (χ2v) is 11.9. The summed E-state index contributed by atoms with van der Waals surface area (Å²) in [5.74, 6) is -0.509. The van der Waals surface area contributed by atoms with E-state index in [0.29, 0.717) is 40.6 Å². The largest absolute Gasteiger partial charge is 0.463 e. The number of carbonyl (C=O) groups excluding carboxylic acids is 1. The number of rotatable bonds is 6. The summed E-state index contributed by atoms with van der Waals surface area (Å²) in [4.78, 5) is 29.3. The van der Waals surface area contributed by atoms with Crippen LogP contribution in [0.5, 0.6) is 0 Å². The Morgan fingerprint density at radius 1 is 1.24 bits per heavy atom. The number of furan rings is 1. The van der Waals surface area contributed by atoms with E-state index in [1.54, 1.807) is 12.1 Å². The molecule has 0 radical (unpaired) electrons. The molecule has 0 aliphatic carbocycles. The third kappa shape index (κ3) is 4.87. The van der Waals surface area contributed by atoms with E-state index in [2.05, 4.69) is 15.0 Å². The Morgan fingerprint density at radius 2 is 1.97 bits per heavy atom. The lowest BCUT2D eigenvalue weighted by Crippen LogP contribution is -2.46. The molecule has 9 heteroatoms. The Labute approximate surface area is 199 Å². The van der Waals surface area contributed by atoms with Gasteiger partial charge in [-0.1, -0.05) is 20.8 Å². The third-order valence-electron chi connectivity index (χ3n) is 6.31. The second-order valence-electron chi connectivity index (χ2n) is 10.2. The van der Waals surface area contributed by atoms with Gasteiger partial charge in [-0.3, -0.25) is 9.59 Å². The molecule has 1 aliphatic rings. The van der Waals surface area contributed by atoms with E-state index in [0.717, 1.165) is 24.1 Å². The van der Waals surface area contributed by atoms with Crippen LogP contribution in [-0.4, -0.2) is 44.6 Å². The number of hydrogen-bond acceptors (Lipinski definition) is 6. The summed E-state index contributed by atoms with van der Waals surface area (Å²) in [6.07, 6.45) is 3.15. The number of ketones is 1. The highest BCUT2D eigenvalue weighted by Crippen LogP contribution is 2.37. The molecule has 34 heavy (non-hydrogen) atoms. The molecule has 1 fully saturated rings. The van der Waals surface area contributed by atoms with Crippen molar-refractivity contribution < 1.29 is 17.6 Å². The molecule has 0 bridgehead atoms. The predicted molar refractivity (Wildman–Crippen MR) is 133 cm³/mol. The van der Waals surface area contributed by atoms with Crippen LogP contribution in [0.3, 0.4) is 0 Å². The highest BCUT2D eigenvalue weighted by Gasteiger charge is 2.35. The van der Waals surface area contributed by atoms with Gasteiger partial charge >= 0.3 is 0 Å². The Kier molecular flexibility index (Phi) is 6.30. The maximum atomic E-state index is 13.7. The number of carbonyl (C=O) groups is 1. The fraction of sp³-hybridized carbons (Fsp3) is 0.440.